The van der Waals surface area contributed by atoms with E-state index in [-0.39, 0.29) is 5.91 Å². The van der Waals surface area contributed by atoms with Gasteiger partial charge in [-0.3, -0.25) is 4.79 Å². The standard InChI is InChI=1S/C21H19ClN2O2/c22-17-8-10-18(11-9-17)26-13-14-4-6-15(7-5-14)21(25)24-23-20-12-16-2-1-3-19(16)20/h1-2,4-11,16,19H,3,12-13H2,(H,24,25)/b23-20-/t16-,19+/m0/s1. The Hall–Kier alpha value is -2.59. The number of carbonyl (C=O) groups is 1. The maximum absolute atomic E-state index is 12.2. The third-order valence-corrected chi connectivity index (χ3v) is 5.15. The van der Waals surface area contributed by atoms with Crippen LogP contribution in [0.3, 0.4) is 0 Å². The van der Waals surface area contributed by atoms with Gasteiger partial charge in [0, 0.05) is 22.2 Å². The zero-order chi connectivity index (χ0) is 17.9. The van der Waals surface area contributed by atoms with E-state index in [1.165, 1.54) is 0 Å². The summed E-state index contributed by atoms with van der Waals surface area (Å²) >= 11 is 5.85. The van der Waals surface area contributed by atoms with Gasteiger partial charge in [-0.25, -0.2) is 5.43 Å². The van der Waals surface area contributed by atoms with E-state index in [9.17, 15) is 4.79 Å². The predicted molar refractivity (Wildman–Crippen MR) is 102 cm³/mol. The number of benzene rings is 2. The number of allylic oxidation sites excluding steroid dienone is 2. The highest BCUT2D eigenvalue weighted by atomic mass is 35.5. The molecular weight excluding hydrogens is 348 g/mol. The lowest BCUT2D eigenvalue weighted by Crippen LogP contribution is -2.35. The first kappa shape index (κ1) is 16.9. The highest BCUT2D eigenvalue weighted by molar-refractivity contribution is 6.30. The van der Waals surface area contributed by atoms with Crippen molar-refractivity contribution in [2.24, 2.45) is 16.9 Å². The minimum Gasteiger partial charge on any atom is -0.489 e. The van der Waals surface area contributed by atoms with E-state index >= 15 is 0 Å². The Morgan fingerprint density at radius 3 is 2.65 bits per heavy atom. The first-order valence-corrected chi connectivity index (χ1v) is 9.07. The fraction of sp³-hybridized carbons (Fsp3) is 0.238. The Labute approximate surface area is 157 Å². The summed E-state index contributed by atoms with van der Waals surface area (Å²) in [6.45, 7) is 0.432. The number of nitrogens with zero attached hydrogens (tertiary/aromatic N) is 1. The second kappa shape index (κ2) is 7.34. The molecule has 132 valence electrons. The van der Waals surface area contributed by atoms with Crippen LogP contribution in [0.25, 0.3) is 0 Å². The van der Waals surface area contributed by atoms with Crippen LogP contribution >= 0.6 is 11.6 Å². The number of rotatable bonds is 5. The van der Waals surface area contributed by atoms with Gasteiger partial charge in [-0.05, 0) is 60.7 Å². The topological polar surface area (TPSA) is 50.7 Å². The van der Waals surface area contributed by atoms with Crippen molar-refractivity contribution >= 4 is 23.2 Å². The average molecular weight is 367 g/mol. The lowest BCUT2D eigenvalue weighted by atomic mass is 9.74. The Morgan fingerprint density at radius 1 is 1.15 bits per heavy atom. The Balaban J connectivity index is 1.30. The number of hydrogen-bond donors (Lipinski definition) is 1. The number of hydrazone groups is 1. The summed E-state index contributed by atoms with van der Waals surface area (Å²) in [6, 6.07) is 14.6. The fourth-order valence-electron chi connectivity index (χ4n) is 3.30. The van der Waals surface area contributed by atoms with Gasteiger partial charge in [0.25, 0.3) is 5.91 Å². The quantitative estimate of drug-likeness (QED) is 0.621. The molecule has 2 aliphatic carbocycles. The molecule has 2 aliphatic rings. The van der Waals surface area contributed by atoms with Crippen LogP contribution in [0.5, 0.6) is 5.75 Å². The molecule has 4 rings (SSSR count). The second-order valence-corrected chi connectivity index (χ2v) is 7.06. The first-order valence-electron chi connectivity index (χ1n) is 8.70. The molecule has 26 heavy (non-hydrogen) atoms. The maximum Gasteiger partial charge on any atom is 0.271 e. The molecule has 2 aromatic rings. The van der Waals surface area contributed by atoms with E-state index in [1.807, 2.05) is 24.3 Å². The van der Waals surface area contributed by atoms with Crippen LogP contribution < -0.4 is 10.2 Å². The number of nitrogens with one attached hydrogen (secondary N) is 1. The maximum atomic E-state index is 12.2. The van der Waals surface area contributed by atoms with E-state index in [1.54, 1.807) is 24.3 Å². The molecule has 1 fully saturated rings. The Kier molecular flexibility index (Phi) is 4.76. The van der Waals surface area contributed by atoms with Crippen LogP contribution in [0, 0.1) is 11.8 Å². The molecule has 0 aromatic heterocycles. The first-order chi connectivity index (χ1) is 12.7. The number of fused-ring (bicyclic) bond motifs is 1. The predicted octanol–water partition coefficient (Wildman–Crippen LogP) is 4.60. The van der Waals surface area contributed by atoms with E-state index in [0.717, 1.165) is 29.9 Å². The lowest BCUT2D eigenvalue weighted by molar-refractivity contribution is 0.0954. The van der Waals surface area contributed by atoms with E-state index in [2.05, 4.69) is 22.7 Å². The Bertz CT molecular complexity index is 857. The molecule has 2 atom stereocenters. The van der Waals surface area contributed by atoms with Gasteiger partial charge in [0.15, 0.2) is 0 Å². The van der Waals surface area contributed by atoms with Crippen molar-refractivity contribution in [2.75, 3.05) is 0 Å². The van der Waals surface area contributed by atoms with Crippen molar-refractivity contribution in [3.63, 3.8) is 0 Å². The summed E-state index contributed by atoms with van der Waals surface area (Å²) in [6.07, 6.45) is 6.45. The van der Waals surface area contributed by atoms with Crippen LogP contribution in [0.15, 0.2) is 65.8 Å². The monoisotopic (exact) mass is 366 g/mol. The minimum absolute atomic E-state index is 0.183. The van der Waals surface area contributed by atoms with Gasteiger partial charge in [-0.15, -0.1) is 0 Å². The number of ether oxygens (including phenoxy) is 1. The third kappa shape index (κ3) is 3.65. The van der Waals surface area contributed by atoms with Crippen molar-refractivity contribution in [3.05, 3.63) is 76.8 Å². The summed E-state index contributed by atoms with van der Waals surface area (Å²) in [4.78, 5) is 12.2. The molecule has 0 bridgehead atoms. The van der Waals surface area contributed by atoms with Gasteiger partial charge >= 0.3 is 0 Å². The van der Waals surface area contributed by atoms with Gasteiger partial charge in [0.05, 0.1) is 0 Å². The molecule has 5 heteroatoms. The van der Waals surface area contributed by atoms with Crippen LogP contribution in [0.4, 0.5) is 0 Å². The van der Waals surface area contributed by atoms with Crippen molar-refractivity contribution in [1.29, 1.82) is 0 Å². The number of carbonyl (C=O) groups excluding carboxylic acids is 1. The van der Waals surface area contributed by atoms with Crippen molar-refractivity contribution in [1.82, 2.24) is 5.43 Å². The smallest absolute Gasteiger partial charge is 0.271 e. The van der Waals surface area contributed by atoms with Gasteiger partial charge < -0.3 is 4.74 Å². The summed E-state index contributed by atoms with van der Waals surface area (Å²) < 4.78 is 5.70. The number of hydrogen-bond acceptors (Lipinski definition) is 3. The summed E-state index contributed by atoms with van der Waals surface area (Å²) in [5.74, 6) is 1.71. The van der Waals surface area contributed by atoms with Gasteiger partial charge in [-0.2, -0.15) is 5.10 Å². The van der Waals surface area contributed by atoms with Crippen molar-refractivity contribution in [2.45, 2.75) is 19.4 Å². The van der Waals surface area contributed by atoms with Gasteiger partial charge in [0.2, 0.25) is 0 Å². The molecular formula is C21H19ClN2O2. The number of amides is 1. The zero-order valence-electron chi connectivity index (χ0n) is 14.2. The molecule has 0 aliphatic heterocycles. The molecule has 0 saturated heterocycles. The van der Waals surface area contributed by atoms with Crippen molar-refractivity contribution in [3.8, 4) is 5.75 Å². The number of halogens is 1. The molecule has 1 amide bonds. The van der Waals surface area contributed by atoms with Crippen LogP contribution in [0.2, 0.25) is 5.02 Å². The normalized spacial score (nSPS) is 22.0. The summed E-state index contributed by atoms with van der Waals surface area (Å²) in [7, 11) is 0. The summed E-state index contributed by atoms with van der Waals surface area (Å²) in [5.41, 5.74) is 5.35. The average Bonchev–Trinajstić information content (AvgIpc) is 3.02. The van der Waals surface area contributed by atoms with E-state index in [0.29, 0.717) is 29.0 Å². The molecule has 2 aromatic carbocycles. The largest absolute Gasteiger partial charge is 0.489 e. The van der Waals surface area contributed by atoms with Crippen LogP contribution in [0.1, 0.15) is 28.8 Å². The Morgan fingerprint density at radius 2 is 1.92 bits per heavy atom. The molecule has 0 heterocycles. The SMILES string of the molecule is O=C(N/N=C1/C[C@@H]2C=CC[C@@H]12)c1ccc(COc2ccc(Cl)cc2)cc1. The van der Waals surface area contributed by atoms with Crippen LogP contribution in [-0.4, -0.2) is 11.6 Å². The van der Waals surface area contributed by atoms with Crippen molar-refractivity contribution < 1.29 is 9.53 Å². The third-order valence-electron chi connectivity index (χ3n) is 4.90. The van der Waals surface area contributed by atoms with Gasteiger partial charge in [0.1, 0.15) is 12.4 Å². The molecule has 1 saturated carbocycles. The van der Waals surface area contributed by atoms with E-state index in [4.69, 9.17) is 16.3 Å². The van der Waals surface area contributed by atoms with Gasteiger partial charge in [-0.1, -0.05) is 35.9 Å². The second-order valence-electron chi connectivity index (χ2n) is 6.62. The van der Waals surface area contributed by atoms with E-state index < -0.39 is 0 Å². The molecule has 0 unspecified atom stereocenters. The highest BCUT2D eigenvalue weighted by Gasteiger charge is 2.37. The minimum atomic E-state index is -0.183. The molecule has 0 radical (unpaired) electrons. The molecule has 1 N–H and O–H groups in total. The molecule has 0 spiro atoms. The summed E-state index contributed by atoms with van der Waals surface area (Å²) in [5, 5.41) is 4.97. The molecule has 4 nitrogen and oxygen atoms in total. The lowest BCUT2D eigenvalue weighted by Gasteiger charge is -2.31. The fourth-order valence-corrected chi connectivity index (χ4v) is 3.43. The zero-order valence-corrected chi connectivity index (χ0v) is 14.9. The van der Waals surface area contributed by atoms with Crippen LogP contribution in [-0.2, 0) is 6.61 Å². The highest BCUT2D eigenvalue weighted by Crippen LogP contribution is 2.40.